The van der Waals surface area contributed by atoms with Gasteiger partial charge in [0, 0.05) is 11.1 Å². The monoisotopic (exact) mass is 316 g/mol. The van der Waals surface area contributed by atoms with Crippen LogP contribution >= 0.6 is 11.6 Å². The van der Waals surface area contributed by atoms with E-state index in [1.165, 1.54) is 6.08 Å². The van der Waals surface area contributed by atoms with Gasteiger partial charge < -0.3 is 9.84 Å². The Morgan fingerprint density at radius 3 is 2.32 bits per heavy atom. The van der Waals surface area contributed by atoms with E-state index in [0.29, 0.717) is 11.4 Å². The first-order valence-electron chi connectivity index (χ1n) is 6.91. The molecule has 1 N–H and O–H groups in total. The first-order valence-corrected chi connectivity index (χ1v) is 7.28. The molecule has 0 amide bonds. The van der Waals surface area contributed by atoms with Crippen LogP contribution in [0.4, 0.5) is 0 Å². The van der Waals surface area contributed by atoms with Crippen molar-refractivity contribution in [1.82, 2.24) is 0 Å². The number of aryl methyl sites for hydroxylation is 1. The quantitative estimate of drug-likeness (QED) is 0.801. The van der Waals surface area contributed by atoms with Crippen LogP contribution in [0.25, 0.3) is 5.57 Å². The van der Waals surface area contributed by atoms with Gasteiger partial charge in [-0.15, -0.1) is 0 Å². The van der Waals surface area contributed by atoms with Crippen molar-refractivity contribution in [2.45, 2.75) is 12.8 Å². The zero-order valence-corrected chi connectivity index (χ0v) is 13.0. The number of ether oxygens (including phenoxy) is 1. The lowest BCUT2D eigenvalue weighted by Crippen LogP contribution is -1.95. The van der Waals surface area contributed by atoms with Crippen LogP contribution in [0.3, 0.4) is 0 Å². The van der Waals surface area contributed by atoms with Gasteiger partial charge in [-0.05, 0) is 53.8 Å². The molecule has 0 fully saturated rings. The molecule has 0 saturated heterocycles. The second-order valence-electron chi connectivity index (χ2n) is 4.86. The van der Waals surface area contributed by atoms with Crippen molar-refractivity contribution in [3.05, 3.63) is 70.8 Å². The summed E-state index contributed by atoms with van der Waals surface area (Å²) in [5.41, 5.74) is 2.79. The minimum absolute atomic E-state index is 0.639. The molecule has 2 rings (SSSR count). The van der Waals surface area contributed by atoms with Crippen molar-refractivity contribution >= 4 is 23.1 Å². The standard InChI is InChI=1S/C18H17ClO3/c1-22-17-10-6-14(7-11-17)15(12-18(20)21)5-2-13-3-8-16(19)9-4-13/h3-4,6-12H,2,5H2,1H3,(H,20,21). The van der Waals surface area contributed by atoms with Crippen molar-refractivity contribution in [1.29, 1.82) is 0 Å². The third kappa shape index (κ3) is 4.64. The molecule has 0 bridgehead atoms. The second kappa shape index (κ2) is 7.66. The highest BCUT2D eigenvalue weighted by molar-refractivity contribution is 6.30. The Morgan fingerprint density at radius 2 is 1.77 bits per heavy atom. The fraction of sp³-hybridized carbons (Fsp3) is 0.167. The maximum Gasteiger partial charge on any atom is 0.328 e. The molecule has 3 nitrogen and oxygen atoms in total. The summed E-state index contributed by atoms with van der Waals surface area (Å²) >= 11 is 5.87. The minimum atomic E-state index is -0.943. The van der Waals surface area contributed by atoms with Gasteiger partial charge in [0.2, 0.25) is 0 Å². The van der Waals surface area contributed by atoms with Crippen LogP contribution in [0.2, 0.25) is 5.02 Å². The Hall–Kier alpha value is -2.26. The SMILES string of the molecule is COc1ccc(C(=CC(=O)O)CCc2ccc(Cl)cc2)cc1. The van der Waals surface area contributed by atoms with Crippen molar-refractivity contribution in [3.8, 4) is 5.75 Å². The molecule has 22 heavy (non-hydrogen) atoms. The first kappa shape index (κ1) is 16.1. The number of carboxylic acid groups (broad SMARTS) is 1. The predicted octanol–water partition coefficient (Wildman–Crippen LogP) is 4.45. The maximum absolute atomic E-state index is 11.0. The molecular formula is C18H17ClO3. The zero-order valence-electron chi connectivity index (χ0n) is 12.3. The van der Waals surface area contributed by atoms with Crippen molar-refractivity contribution in [3.63, 3.8) is 0 Å². The Labute approximate surface area is 134 Å². The zero-order chi connectivity index (χ0) is 15.9. The molecule has 0 aliphatic heterocycles. The van der Waals surface area contributed by atoms with E-state index in [-0.39, 0.29) is 0 Å². The van der Waals surface area contributed by atoms with E-state index in [1.807, 2.05) is 48.5 Å². The van der Waals surface area contributed by atoms with Gasteiger partial charge in [-0.2, -0.15) is 0 Å². The van der Waals surface area contributed by atoms with E-state index < -0.39 is 5.97 Å². The number of carboxylic acids is 1. The molecule has 0 unspecified atom stereocenters. The number of hydrogen-bond acceptors (Lipinski definition) is 2. The lowest BCUT2D eigenvalue weighted by Gasteiger charge is -2.09. The summed E-state index contributed by atoms with van der Waals surface area (Å²) in [6.45, 7) is 0. The van der Waals surface area contributed by atoms with Crippen LogP contribution < -0.4 is 4.74 Å². The normalized spacial score (nSPS) is 11.3. The molecule has 114 valence electrons. The summed E-state index contributed by atoms with van der Waals surface area (Å²) in [6.07, 6.45) is 2.65. The van der Waals surface area contributed by atoms with Gasteiger partial charge in [-0.3, -0.25) is 0 Å². The van der Waals surface area contributed by atoms with E-state index in [4.69, 9.17) is 21.4 Å². The number of rotatable bonds is 6. The Kier molecular flexibility index (Phi) is 5.61. The number of halogens is 1. The largest absolute Gasteiger partial charge is 0.497 e. The molecule has 0 aliphatic carbocycles. The van der Waals surface area contributed by atoms with Crippen LogP contribution in [-0.2, 0) is 11.2 Å². The van der Waals surface area contributed by atoms with Crippen LogP contribution in [-0.4, -0.2) is 18.2 Å². The van der Waals surface area contributed by atoms with E-state index in [1.54, 1.807) is 7.11 Å². The predicted molar refractivity (Wildman–Crippen MR) is 88.4 cm³/mol. The van der Waals surface area contributed by atoms with Gasteiger partial charge in [0.15, 0.2) is 0 Å². The molecule has 0 spiro atoms. The summed E-state index contributed by atoms with van der Waals surface area (Å²) in [5.74, 6) is -0.196. The number of benzene rings is 2. The van der Waals surface area contributed by atoms with Crippen LogP contribution in [0.15, 0.2) is 54.6 Å². The fourth-order valence-corrected chi connectivity index (χ4v) is 2.31. The Balaban J connectivity index is 2.15. The summed E-state index contributed by atoms with van der Waals surface area (Å²) in [5, 5.41) is 9.76. The van der Waals surface area contributed by atoms with Gasteiger partial charge >= 0.3 is 5.97 Å². The van der Waals surface area contributed by atoms with Crippen molar-refractivity contribution in [2.75, 3.05) is 7.11 Å². The van der Waals surface area contributed by atoms with E-state index >= 15 is 0 Å². The van der Waals surface area contributed by atoms with Gasteiger partial charge in [0.05, 0.1) is 7.11 Å². The summed E-state index contributed by atoms with van der Waals surface area (Å²) in [6, 6.07) is 15.0. The number of carbonyl (C=O) groups is 1. The van der Waals surface area contributed by atoms with Crippen LogP contribution in [0, 0.1) is 0 Å². The first-order chi connectivity index (χ1) is 10.6. The molecular weight excluding hydrogens is 300 g/mol. The number of hydrogen-bond donors (Lipinski definition) is 1. The molecule has 2 aromatic carbocycles. The van der Waals surface area contributed by atoms with E-state index in [0.717, 1.165) is 28.9 Å². The van der Waals surface area contributed by atoms with Gasteiger partial charge in [0.1, 0.15) is 5.75 Å². The highest BCUT2D eigenvalue weighted by Gasteiger charge is 2.06. The molecule has 2 aromatic rings. The summed E-state index contributed by atoms with van der Waals surface area (Å²) in [7, 11) is 1.60. The minimum Gasteiger partial charge on any atom is -0.497 e. The lowest BCUT2D eigenvalue weighted by atomic mass is 9.98. The smallest absolute Gasteiger partial charge is 0.328 e. The topological polar surface area (TPSA) is 46.5 Å². The van der Waals surface area contributed by atoms with Gasteiger partial charge in [-0.1, -0.05) is 35.9 Å². The second-order valence-corrected chi connectivity index (χ2v) is 5.30. The van der Waals surface area contributed by atoms with Gasteiger partial charge in [0.25, 0.3) is 0 Å². The molecule has 0 heterocycles. The highest BCUT2D eigenvalue weighted by atomic mass is 35.5. The molecule has 4 heteroatoms. The molecule has 0 radical (unpaired) electrons. The molecule has 0 atom stereocenters. The Morgan fingerprint density at radius 1 is 1.14 bits per heavy atom. The van der Waals surface area contributed by atoms with Crippen LogP contribution in [0.1, 0.15) is 17.5 Å². The average Bonchev–Trinajstić information content (AvgIpc) is 2.53. The van der Waals surface area contributed by atoms with Crippen molar-refractivity contribution < 1.29 is 14.6 Å². The third-order valence-electron chi connectivity index (χ3n) is 3.35. The lowest BCUT2D eigenvalue weighted by molar-refractivity contribution is -0.131. The fourth-order valence-electron chi connectivity index (χ4n) is 2.18. The maximum atomic E-state index is 11.0. The van der Waals surface area contributed by atoms with E-state index in [2.05, 4.69) is 0 Å². The number of methoxy groups -OCH3 is 1. The summed E-state index contributed by atoms with van der Waals surface area (Å²) in [4.78, 5) is 11.0. The van der Waals surface area contributed by atoms with Crippen LogP contribution in [0.5, 0.6) is 5.75 Å². The molecule has 0 aromatic heterocycles. The molecule has 0 saturated carbocycles. The summed E-state index contributed by atoms with van der Waals surface area (Å²) < 4.78 is 5.12. The number of allylic oxidation sites excluding steroid dienone is 1. The number of aliphatic carboxylic acids is 1. The average molecular weight is 317 g/mol. The molecule has 0 aliphatic rings. The Bertz CT molecular complexity index is 658. The van der Waals surface area contributed by atoms with Crippen molar-refractivity contribution in [2.24, 2.45) is 0 Å². The van der Waals surface area contributed by atoms with Gasteiger partial charge in [-0.25, -0.2) is 4.79 Å². The van der Waals surface area contributed by atoms with E-state index in [9.17, 15) is 4.79 Å². The highest BCUT2D eigenvalue weighted by Crippen LogP contribution is 2.23. The third-order valence-corrected chi connectivity index (χ3v) is 3.61.